The molecule has 0 saturated heterocycles. The van der Waals surface area contributed by atoms with Crippen LogP contribution >= 0.6 is 0 Å². The van der Waals surface area contributed by atoms with Crippen LogP contribution in [0.15, 0.2) is 0 Å². The molecule has 0 aromatic heterocycles. The molecule has 0 aliphatic rings. The summed E-state index contributed by atoms with van der Waals surface area (Å²) in [6.45, 7) is 4.32. The number of hydrogen-bond donors (Lipinski definition) is 0. The van der Waals surface area contributed by atoms with E-state index in [1.807, 2.05) is 13.8 Å². The van der Waals surface area contributed by atoms with E-state index in [9.17, 15) is 8.42 Å². The van der Waals surface area contributed by atoms with Gasteiger partial charge in [0, 0.05) is 0 Å². The van der Waals surface area contributed by atoms with Crippen molar-refractivity contribution in [2.24, 2.45) is 0 Å². The number of rotatable bonds is 5. The van der Waals surface area contributed by atoms with Crippen molar-refractivity contribution in [3.05, 3.63) is 0 Å². The molecular weight excluding hydrogens is 178 g/mol. The molecule has 4 nitrogen and oxygen atoms in total. The molecule has 0 atom stereocenters. The van der Waals surface area contributed by atoms with Crippen LogP contribution in [0.2, 0.25) is 0 Å². The Bertz CT molecular complexity index is 221. The smallest absolute Gasteiger partial charge is 0.194 e. The molecule has 5 heteroatoms. The van der Waals surface area contributed by atoms with E-state index in [1.54, 1.807) is 14.1 Å². The van der Waals surface area contributed by atoms with Gasteiger partial charge in [-0.2, -0.15) is 13.1 Å². The topological polar surface area (TPSA) is 43.4 Å². The number of quaternary nitrogens is 1. The second-order valence-electron chi connectivity index (χ2n) is 3.23. The molecule has 12 heavy (non-hydrogen) atoms. The van der Waals surface area contributed by atoms with Gasteiger partial charge in [0.1, 0.15) is 6.54 Å². The lowest BCUT2D eigenvalue weighted by Gasteiger charge is -2.23. The summed E-state index contributed by atoms with van der Waals surface area (Å²) in [5.41, 5.74) is 0. The van der Waals surface area contributed by atoms with Gasteiger partial charge in [0.25, 0.3) is 0 Å². The zero-order valence-electron chi connectivity index (χ0n) is 8.20. The Morgan fingerprint density at radius 1 is 1.25 bits per heavy atom. The maximum absolute atomic E-state index is 11.2. The van der Waals surface area contributed by atoms with E-state index in [1.165, 1.54) is 0 Å². The molecule has 0 radical (unpaired) electrons. The molecule has 0 heterocycles. The first-order valence-electron chi connectivity index (χ1n) is 4.10. The van der Waals surface area contributed by atoms with Crippen molar-refractivity contribution in [3.8, 4) is 0 Å². The van der Waals surface area contributed by atoms with E-state index in [2.05, 4.69) is 0 Å². The van der Waals surface area contributed by atoms with Gasteiger partial charge in [-0.3, -0.25) is 0 Å². The van der Waals surface area contributed by atoms with Crippen molar-refractivity contribution in [1.29, 1.82) is 0 Å². The van der Waals surface area contributed by atoms with Crippen LogP contribution in [0.1, 0.15) is 20.3 Å². The third-order valence-corrected chi connectivity index (χ3v) is 3.07. The fourth-order valence-corrected chi connectivity index (χ4v) is 1.94. The summed E-state index contributed by atoms with van der Waals surface area (Å²) < 4.78 is 27.3. The summed E-state index contributed by atoms with van der Waals surface area (Å²) in [7, 11) is 0.102. The van der Waals surface area contributed by atoms with Crippen molar-refractivity contribution in [2.45, 2.75) is 20.3 Å². The summed E-state index contributed by atoms with van der Waals surface area (Å²) >= 11 is 0. The maximum atomic E-state index is 11.2. The van der Waals surface area contributed by atoms with Crippen LogP contribution in [0.5, 0.6) is 0 Å². The van der Waals surface area contributed by atoms with Crippen molar-refractivity contribution in [2.75, 3.05) is 26.4 Å². The van der Waals surface area contributed by atoms with Gasteiger partial charge in [0.05, 0.1) is 19.8 Å². The maximum Gasteiger partial charge on any atom is 0.314 e. The van der Waals surface area contributed by atoms with Gasteiger partial charge in [0.15, 0.2) is 0 Å². The summed E-state index contributed by atoms with van der Waals surface area (Å²) in [5.74, 6) is 0.0919. The van der Waals surface area contributed by atoms with E-state index in [4.69, 9.17) is 4.28 Å². The largest absolute Gasteiger partial charge is 0.314 e. The van der Waals surface area contributed by atoms with Crippen molar-refractivity contribution in [3.63, 3.8) is 0 Å². The zero-order chi connectivity index (χ0) is 9.83. The highest BCUT2D eigenvalue weighted by Gasteiger charge is 2.24. The van der Waals surface area contributed by atoms with Crippen molar-refractivity contribution >= 4 is 10.1 Å². The first-order chi connectivity index (χ1) is 5.33. The van der Waals surface area contributed by atoms with Gasteiger partial charge in [0.2, 0.25) is 0 Å². The molecule has 74 valence electrons. The number of hydroxylamine groups is 3. The Hall–Kier alpha value is -0.130. The molecule has 0 rings (SSSR count). The molecule has 0 aromatic rings. The Morgan fingerprint density at radius 2 is 1.75 bits per heavy atom. The van der Waals surface area contributed by atoms with Crippen LogP contribution < -0.4 is 0 Å². The SMILES string of the molecule is CCCS(=O)(=O)O[N+](C)(C)CC. The van der Waals surface area contributed by atoms with Crippen LogP contribution in [-0.2, 0) is 14.4 Å². The highest BCUT2D eigenvalue weighted by atomic mass is 32.2. The van der Waals surface area contributed by atoms with Crippen LogP contribution in [0.4, 0.5) is 0 Å². The highest BCUT2D eigenvalue weighted by molar-refractivity contribution is 7.86. The normalized spacial score (nSPS) is 13.3. The Labute approximate surface area is 74.8 Å². The fraction of sp³-hybridized carbons (Fsp3) is 1.00. The third kappa shape index (κ3) is 4.69. The first-order valence-corrected chi connectivity index (χ1v) is 5.67. The van der Waals surface area contributed by atoms with Gasteiger partial charge in [-0.1, -0.05) is 11.2 Å². The second kappa shape index (κ2) is 4.20. The highest BCUT2D eigenvalue weighted by Crippen LogP contribution is 2.05. The number of hydrogen-bond acceptors (Lipinski definition) is 3. The fourth-order valence-electron chi connectivity index (χ4n) is 0.647. The molecule has 0 saturated carbocycles. The molecule has 0 aliphatic heterocycles. The van der Waals surface area contributed by atoms with Gasteiger partial charge >= 0.3 is 10.1 Å². The summed E-state index contributed by atoms with van der Waals surface area (Å²) in [6, 6.07) is 0. The van der Waals surface area contributed by atoms with Gasteiger partial charge in [-0.25, -0.2) is 0 Å². The molecule has 0 spiro atoms. The van der Waals surface area contributed by atoms with Crippen LogP contribution in [0.25, 0.3) is 0 Å². The predicted molar refractivity (Wildman–Crippen MR) is 47.8 cm³/mol. The third-order valence-electron chi connectivity index (χ3n) is 1.53. The minimum Gasteiger partial charge on any atom is -0.194 e. The van der Waals surface area contributed by atoms with E-state index >= 15 is 0 Å². The van der Waals surface area contributed by atoms with E-state index in [0.29, 0.717) is 13.0 Å². The average molecular weight is 196 g/mol. The summed E-state index contributed by atoms with van der Waals surface area (Å²) in [4.78, 5) is 0. The molecule has 0 unspecified atom stereocenters. The second-order valence-corrected chi connectivity index (χ2v) is 4.90. The lowest BCUT2D eigenvalue weighted by atomic mass is 10.6. The molecular formula is C7H18NO3S+. The van der Waals surface area contributed by atoms with E-state index in [0.717, 1.165) is 0 Å². The van der Waals surface area contributed by atoms with E-state index in [-0.39, 0.29) is 10.4 Å². The van der Waals surface area contributed by atoms with Crippen LogP contribution in [0.3, 0.4) is 0 Å². The molecule has 0 aromatic carbocycles. The van der Waals surface area contributed by atoms with Crippen molar-refractivity contribution < 1.29 is 17.3 Å². The van der Waals surface area contributed by atoms with E-state index < -0.39 is 10.1 Å². The predicted octanol–water partition coefficient (Wildman–Crippen LogP) is 0.754. The minimum atomic E-state index is -3.33. The van der Waals surface area contributed by atoms with Gasteiger partial charge in [-0.15, -0.1) is 0 Å². The Kier molecular flexibility index (Phi) is 4.16. The van der Waals surface area contributed by atoms with Crippen LogP contribution in [-0.4, -0.2) is 39.5 Å². The summed E-state index contributed by atoms with van der Waals surface area (Å²) in [6.07, 6.45) is 0.589. The van der Waals surface area contributed by atoms with Crippen LogP contribution in [0, 0.1) is 0 Å². The quantitative estimate of drug-likeness (QED) is 0.481. The van der Waals surface area contributed by atoms with Gasteiger partial charge in [-0.05, 0) is 13.3 Å². The van der Waals surface area contributed by atoms with Gasteiger partial charge < -0.3 is 0 Å². The lowest BCUT2D eigenvalue weighted by molar-refractivity contribution is -1.05. The zero-order valence-corrected chi connectivity index (χ0v) is 9.02. The summed E-state index contributed by atoms with van der Waals surface area (Å²) in [5, 5.41) is 0. The standard InChI is InChI=1S/C7H18NO3S/c1-5-7-12(9,10)11-8(3,4)6-2/h5-7H2,1-4H3/q+1. The first kappa shape index (κ1) is 11.9. The Morgan fingerprint density at radius 3 is 2.08 bits per heavy atom. The molecule has 0 N–H and O–H groups in total. The monoisotopic (exact) mass is 196 g/mol. The van der Waals surface area contributed by atoms with Crippen molar-refractivity contribution in [1.82, 2.24) is 0 Å². The Balaban J connectivity index is 4.25. The number of nitrogens with zero attached hydrogens (tertiary/aromatic N) is 1. The minimum absolute atomic E-state index is 0.0579. The molecule has 0 amide bonds. The molecule has 0 fully saturated rings. The lowest BCUT2D eigenvalue weighted by Crippen LogP contribution is -2.41. The molecule has 0 aliphatic carbocycles. The average Bonchev–Trinajstić information content (AvgIpc) is 1.85. The molecule has 0 bridgehead atoms.